The molecular formula is C12H19F2NO. The van der Waals surface area contributed by atoms with Crippen LogP contribution in [0.25, 0.3) is 0 Å². The number of nitrogens with zero attached hydrogens (tertiary/aromatic N) is 1. The molecule has 0 rings (SSSR count). The van der Waals surface area contributed by atoms with Crippen molar-refractivity contribution in [2.24, 2.45) is 0 Å². The Morgan fingerprint density at radius 2 is 2.00 bits per heavy atom. The minimum absolute atomic E-state index is 0.0748. The molecule has 0 aromatic rings. The van der Waals surface area contributed by atoms with Crippen LogP contribution in [0.4, 0.5) is 8.78 Å². The van der Waals surface area contributed by atoms with Crippen LogP contribution < -0.4 is 0 Å². The molecule has 0 bridgehead atoms. The molecule has 4 heteroatoms. The van der Waals surface area contributed by atoms with Crippen molar-refractivity contribution in [3.8, 4) is 0 Å². The average Bonchev–Trinajstić information content (AvgIpc) is 2.20. The maximum absolute atomic E-state index is 12.6. The van der Waals surface area contributed by atoms with Gasteiger partial charge in [0, 0.05) is 32.0 Å². The van der Waals surface area contributed by atoms with E-state index >= 15 is 0 Å². The summed E-state index contributed by atoms with van der Waals surface area (Å²) < 4.78 is 30.1. The van der Waals surface area contributed by atoms with Gasteiger partial charge in [0.1, 0.15) is 0 Å². The lowest BCUT2D eigenvalue weighted by Gasteiger charge is -2.20. The molecule has 92 valence electrons. The summed E-state index contributed by atoms with van der Waals surface area (Å²) in [5, 5.41) is 0. The molecular weight excluding hydrogens is 212 g/mol. The SMILES string of the molecule is C=C(C)/C(=C\C(=C)N(C)CCOC)C(F)F. The van der Waals surface area contributed by atoms with Gasteiger partial charge in [-0.1, -0.05) is 13.2 Å². The minimum Gasteiger partial charge on any atom is -0.383 e. The van der Waals surface area contributed by atoms with Crippen LogP contribution in [0.2, 0.25) is 0 Å². The van der Waals surface area contributed by atoms with Gasteiger partial charge >= 0.3 is 0 Å². The molecule has 0 saturated carbocycles. The molecule has 16 heavy (non-hydrogen) atoms. The maximum atomic E-state index is 12.6. The number of methoxy groups -OCH3 is 1. The third-order valence-corrected chi connectivity index (χ3v) is 2.17. The molecule has 2 nitrogen and oxygen atoms in total. The van der Waals surface area contributed by atoms with Crippen molar-refractivity contribution in [3.05, 3.63) is 36.1 Å². The van der Waals surface area contributed by atoms with Gasteiger partial charge in [0.25, 0.3) is 6.43 Å². The summed E-state index contributed by atoms with van der Waals surface area (Å²) in [7, 11) is 3.37. The Kier molecular flexibility index (Phi) is 6.65. The monoisotopic (exact) mass is 231 g/mol. The van der Waals surface area contributed by atoms with E-state index < -0.39 is 6.43 Å². The van der Waals surface area contributed by atoms with Crippen LogP contribution >= 0.6 is 0 Å². The molecule has 0 saturated heterocycles. The predicted octanol–water partition coefficient (Wildman–Crippen LogP) is 2.85. The Morgan fingerprint density at radius 3 is 2.38 bits per heavy atom. The van der Waals surface area contributed by atoms with Gasteiger partial charge in [0.2, 0.25) is 0 Å². The Labute approximate surface area is 95.9 Å². The molecule has 0 N–H and O–H groups in total. The lowest BCUT2D eigenvalue weighted by atomic mass is 10.1. The van der Waals surface area contributed by atoms with Gasteiger partial charge in [-0.3, -0.25) is 0 Å². The second-order valence-corrected chi connectivity index (χ2v) is 3.59. The first-order chi connectivity index (χ1) is 7.40. The standard InChI is InChI=1S/C12H19F2NO/c1-9(2)11(12(13)14)8-10(3)15(4)6-7-16-5/h8,12H,1,3,6-7H2,2,4-5H3/b11-8+. The Morgan fingerprint density at radius 1 is 1.44 bits per heavy atom. The van der Waals surface area contributed by atoms with Crippen LogP contribution in [0.3, 0.4) is 0 Å². The van der Waals surface area contributed by atoms with Gasteiger partial charge in [0.05, 0.1) is 6.61 Å². The Hall–Kier alpha value is -1.16. The first kappa shape index (κ1) is 14.8. The smallest absolute Gasteiger partial charge is 0.264 e. The summed E-state index contributed by atoms with van der Waals surface area (Å²) in [5.41, 5.74) is 0.806. The van der Waals surface area contributed by atoms with Crippen molar-refractivity contribution in [3.63, 3.8) is 0 Å². The molecule has 0 amide bonds. The van der Waals surface area contributed by atoms with E-state index in [1.54, 1.807) is 26.0 Å². The molecule has 0 fully saturated rings. The Balaban J connectivity index is 4.59. The summed E-state index contributed by atoms with van der Waals surface area (Å²) >= 11 is 0. The number of halogens is 2. The van der Waals surface area contributed by atoms with E-state index in [9.17, 15) is 8.78 Å². The largest absolute Gasteiger partial charge is 0.383 e. The first-order valence-electron chi connectivity index (χ1n) is 4.94. The number of ether oxygens (including phenoxy) is 1. The second-order valence-electron chi connectivity index (χ2n) is 3.59. The van der Waals surface area contributed by atoms with E-state index in [1.807, 2.05) is 0 Å². The fraction of sp³-hybridized carbons (Fsp3) is 0.500. The second kappa shape index (κ2) is 7.17. The maximum Gasteiger partial charge on any atom is 0.264 e. The van der Waals surface area contributed by atoms with Crippen molar-refractivity contribution >= 4 is 0 Å². The zero-order valence-electron chi connectivity index (χ0n) is 10.1. The molecule has 0 unspecified atom stereocenters. The highest BCUT2D eigenvalue weighted by molar-refractivity contribution is 5.34. The number of rotatable bonds is 7. The van der Waals surface area contributed by atoms with Gasteiger partial charge in [0.15, 0.2) is 0 Å². The number of alkyl halides is 2. The van der Waals surface area contributed by atoms with Crippen LogP contribution in [0.1, 0.15) is 6.92 Å². The van der Waals surface area contributed by atoms with Crippen LogP contribution in [-0.4, -0.2) is 38.6 Å². The zero-order valence-corrected chi connectivity index (χ0v) is 10.1. The Bertz CT molecular complexity index is 285. The van der Waals surface area contributed by atoms with Gasteiger partial charge in [-0.15, -0.1) is 0 Å². The first-order valence-corrected chi connectivity index (χ1v) is 4.94. The van der Waals surface area contributed by atoms with Crippen LogP contribution in [0.15, 0.2) is 36.1 Å². The number of allylic oxidation sites excluding steroid dienone is 3. The quantitative estimate of drug-likeness (QED) is 0.625. The minimum atomic E-state index is -2.52. The summed E-state index contributed by atoms with van der Waals surface area (Å²) in [5.74, 6) is 0. The molecule has 0 spiro atoms. The molecule has 0 atom stereocenters. The molecule has 0 aromatic heterocycles. The van der Waals surface area contributed by atoms with Crippen molar-refractivity contribution < 1.29 is 13.5 Å². The lowest BCUT2D eigenvalue weighted by molar-refractivity contribution is 0.174. The van der Waals surface area contributed by atoms with E-state index in [4.69, 9.17) is 4.74 Å². The van der Waals surface area contributed by atoms with E-state index in [2.05, 4.69) is 13.2 Å². The topological polar surface area (TPSA) is 12.5 Å². The molecule has 0 aliphatic heterocycles. The van der Waals surface area contributed by atoms with Crippen molar-refractivity contribution in [1.29, 1.82) is 0 Å². The number of hydrogen-bond acceptors (Lipinski definition) is 2. The third-order valence-electron chi connectivity index (χ3n) is 2.17. The fourth-order valence-electron chi connectivity index (χ4n) is 1.03. The highest BCUT2D eigenvalue weighted by Crippen LogP contribution is 2.19. The van der Waals surface area contributed by atoms with E-state index in [1.165, 1.54) is 6.08 Å². The average molecular weight is 231 g/mol. The van der Waals surface area contributed by atoms with Crippen molar-refractivity contribution in [2.75, 3.05) is 27.3 Å². The fourth-order valence-corrected chi connectivity index (χ4v) is 1.03. The molecule has 0 aliphatic rings. The van der Waals surface area contributed by atoms with Gasteiger partial charge < -0.3 is 9.64 Å². The number of likely N-dealkylation sites (N-methyl/N-ethyl adjacent to an activating group) is 1. The van der Waals surface area contributed by atoms with Crippen molar-refractivity contribution in [2.45, 2.75) is 13.3 Å². The summed E-state index contributed by atoms with van der Waals surface area (Å²) in [6, 6.07) is 0. The van der Waals surface area contributed by atoms with Gasteiger partial charge in [-0.05, 0) is 18.6 Å². The predicted molar refractivity (Wildman–Crippen MR) is 62.5 cm³/mol. The van der Waals surface area contributed by atoms with Crippen LogP contribution in [-0.2, 0) is 4.74 Å². The third kappa shape index (κ3) is 5.07. The molecule has 0 aromatic carbocycles. The molecule has 0 radical (unpaired) electrons. The summed E-state index contributed by atoms with van der Waals surface area (Å²) in [6.45, 7) is 9.94. The van der Waals surface area contributed by atoms with E-state index in [0.717, 1.165) is 0 Å². The highest BCUT2D eigenvalue weighted by Gasteiger charge is 2.12. The summed E-state index contributed by atoms with van der Waals surface area (Å²) in [6.07, 6.45) is -1.16. The molecule has 0 heterocycles. The zero-order chi connectivity index (χ0) is 12.7. The van der Waals surface area contributed by atoms with Crippen molar-refractivity contribution in [1.82, 2.24) is 4.90 Å². The molecule has 0 aliphatic carbocycles. The lowest BCUT2D eigenvalue weighted by Crippen LogP contribution is -2.21. The van der Waals surface area contributed by atoms with E-state index in [0.29, 0.717) is 24.4 Å². The highest BCUT2D eigenvalue weighted by atomic mass is 19.3. The normalized spacial score (nSPS) is 11.8. The van der Waals surface area contributed by atoms with Crippen LogP contribution in [0.5, 0.6) is 0 Å². The summed E-state index contributed by atoms with van der Waals surface area (Å²) in [4.78, 5) is 1.76. The van der Waals surface area contributed by atoms with Gasteiger partial charge in [-0.2, -0.15) is 0 Å². The van der Waals surface area contributed by atoms with Crippen LogP contribution in [0, 0.1) is 0 Å². The number of hydrogen-bond donors (Lipinski definition) is 0. The van der Waals surface area contributed by atoms with E-state index in [-0.39, 0.29) is 5.57 Å². The van der Waals surface area contributed by atoms with Gasteiger partial charge in [-0.25, -0.2) is 8.78 Å².